The molecule has 0 radical (unpaired) electrons. The van der Waals surface area contributed by atoms with Gasteiger partial charge in [0.05, 0.1) is 19.2 Å². The van der Waals surface area contributed by atoms with Gasteiger partial charge in [0.2, 0.25) is 5.91 Å². The van der Waals surface area contributed by atoms with E-state index in [0.29, 0.717) is 36.6 Å². The molecule has 3 aromatic rings. The van der Waals surface area contributed by atoms with Gasteiger partial charge in [-0.15, -0.1) is 0 Å². The number of carbonyl (C=O) groups is 2. The first-order chi connectivity index (χ1) is 14.1. The minimum Gasteiger partial charge on any atom is -0.497 e. The van der Waals surface area contributed by atoms with E-state index in [0.717, 1.165) is 11.1 Å². The van der Waals surface area contributed by atoms with Crippen molar-refractivity contribution in [1.82, 2.24) is 20.4 Å². The van der Waals surface area contributed by atoms with E-state index in [2.05, 4.69) is 15.7 Å². The summed E-state index contributed by atoms with van der Waals surface area (Å²) < 4.78 is 7.06. The van der Waals surface area contributed by atoms with Gasteiger partial charge in [-0.3, -0.25) is 14.3 Å². The van der Waals surface area contributed by atoms with E-state index in [1.165, 1.54) is 6.92 Å². The van der Waals surface area contributed by atoms with Gasteiger partial charge in [-0.2, -0.15) is 5.10 Å². The number of carbonyl (C=O) groups excluding carboxylic acids is 2. The molecule has 0 aliphatic rings. The van der Waals surface area contributed by atoms with Crippen molar-refractivity contribution in [3.05, 3.63) is 71.9 Å². The third-order valence-corrected chi connectivity index (χ3v) is 4.32. The zero-order valence-electron chi connectivity index (χ0n) is 16.5. The van der Waals surface area contributed by atoms with Gasteiger partial charge >= 0.3 is 0 Å². The largest absolute Gasteiger partial charge is 0.497 e. The minimum atomic E-state index is -0.243. The van der Waals surface area contributed by atoms with Crippen molar-refractivity contribution in [2.75, 3.05) is 20.2 Å². The van der Waals surface area contributed by atoms with Crippen molar-refractivity contribution in [2.45, 2.75) is 13.5 Å². The number of aromatic nitrogens is 2. The lowest BCUT2D eigenvalue weighted by Gasteiger charge is -2.07. The lowest BCUT2D eigenvalue weighted by atomic mass is 10.1. The molecule has 0 saturated heterocycles. The van der Waals surface area contributed by atoms with E-state index in [-0.39, 0.29) is 11.8 Å². The smallest absolute Gasteiger partial charge is 0.255 e. The fourth-order valence-corrected chi connectivity index (χ4v) is 2.93. The highest BCUT2D eigenvalue weighted by atomic mass is 16.5. The number of amides is 2. The normalized spacial score (nSPS) is 10.4. The summed E-state index contributed by atoms with van der Waals surface area (Å²) in [5.74, 6) is 0.316. The highest BCUT2D eigenvalue weighted by Gasteiger charge is 2.18. The fraction of sp³-hybridized carbons (Fsp3) is 0.227. The van der Waals surface area contributed by atoms with Gasteiger partial charge in [-0.05, 0) is 17.7 Å². The summed E-state index contributed by atoms with van der Waals surface area (Å²) in [6.07, 6.45) is 1.75. The van der Waals surface area contributed by atoms with Gasteiger partial charge in [0.25, 0.3) is 5.91 Å². The van der Waals surface area contributed by atoms with Crippen LogP contribution in [0.25, 0.3) is 11.3 Å². The third-order valence-electron chi connectivity index (χ3n) is 4.32. The Morgan fingerprint density at radius 3 is 2.52 bits per heavy atom. The first kappa shape index (κ1) is 20.1. The maximum Gasteiger partial charge on any atom is 0.255 e. The highest BCUT2D eigenvalue weighted by molar-refractivity contribution is 5.99. The number of nitrogens with one attached hydrogen (secondary N) is 2. The molecule has 150 valence electrons. The third kappa shape index (κ3) is 5.44. The zero-order chi connectivity index (χ0) is 20.6. The Morgan fingerprint density at radius 1 is 1.03 bits per heavy atom. The SMILES string of the molecule is COc1cccc(-c2nn(Cc3ccccc3)cc2C(=O)NCCNC(C)=O)c1. The van der Waals surface area contributed by atoms with Crippen LogP contribution < -0.4 is 15.4 Å². The molecule has 0 saturated carbocycles. The lowest BCUT2D eigenvalue weighted by molar-refractivity contribution is -0.118. The topological polar surface area (TPSA) is 85.2 Å². The molecule has 2 amide bonds. The summed E-state index contributed by atoms with van der Waals surface area (Å²) in [7, 11) is 1.60. The molecule has 2 aromatic carbocycles. The molecule has 0 spiro atoms. The fourth-order valence-electron chi connectivity index (χ4n) is 2.93. The molecule has 0 atom stereocenters. The first-order valence-corrected chi connectivity index (χ1v) is 9.35. The number of benzene rings is 2. The molecule has 29 heavy (non-hydrogen) atoms. The molecule has 0 aliphatic carbocycles. The summed E-state index contributed by atoms with van der Waals surface area (Å²) in [6.45, 7) is 2.70. The second-order valence-corrected chi connectivity index (χ2v) is 6.55. The second-order valence-electron chi connectivity index (χ2n) is 6.55. The maximum absolute atomic E-state index is 12.8. The van der Waals surface area contributed by atoms with E-state index < -0.39 is 0 Å². The van der Waals surface area contributed by atoms with E-state index in [1.54, 1.807) is 18.0 Å². The second kappa shape index (κ2) is 9.54. The Labute approximate surface area is 169 Å². The monoisotopic (exact) mass is 392 g/mol. The van der Waals surface area contributed by atoms with Crippen molar-refractivity contribution in [1.29, 1.82) is 0 Å². The summed E-state index contributed by atoms with van der Waals surface area (Å²) in [6, 6.07) is 17.4. The van der Waals surface area contributed by atoms with Crippen LogP contribution in [0.4, 0.5) is 0 Å². The molecule has 3 rings (SSSR count). The molecule has 1 heterocycles. The molecule has 7 nitrogen and oxygen atoms in total. The van der Waals surface area contributed by atoms with E-state index >= 15 is 0 Å². The predicted molar refractivity (Wildman–Crippen MR) is 111 cm³/mol. The molecule has 0 aliphatic heterocycles. The van der Waals surface area contributed by atoms with Crippen LogP contribution in [0.1, 0.15) is 22.8 Å². The Balaban J connectivity index is 1.87. The summed E-state index contributed by atoms with van der Waals surface area (Å²) in [5.41, 5.74) is 2.93. The number of methoxy groups -OCH3 is 1. The van der Waals surface area contributed by atoms with Crippen molar-refractivity contribution in [3.8, 4) is 17.0 Å². The van der Waals surface area contributed by atoms with Crippen LogP contribution in [-0.2, 0) is 11.3 Å². The Hall–Kier alpha value is -3.61. The van der Waals surface area contributed by atoms with Crippen molar-refractivity contribution in [2.24, 2.45) is 0 Å². The van der Waals surface area contributed by atoms with Crippen LogP contribution in [0, 0.1) is 0 Å². The average Bonchev–Trinajstić information content (AvgIpc) is 3.15. The van der Waals surface area contributed by atoms with Gasteiger partial charge in [-0.25, -0.2) is 0 Å². The highest BCUT2D eigenvalue weighted by Crippen LogP contribution is 2.26. The number of ether oxygens (including phenoxy) is 1. The van der Waals surface area contributed by atoms with Crippen LogP contribution in [0.5, 0.6) is 5.75 Å². The van der Waals surface area contributed by atoms with Gasteiger partial charge in [0.1, 0.15) is 11.4 Å². The number of rotatable bonds is 8. The molecule has 0 bridgehead atoms. The zero-order valence-corrected chi connectivity index (χ0v) is 16.5. The summed E-state index contributed by atoms with van der Waals surface area (Å²) in [4.78, 5) is 23.8. The molecular weight excluding hydrogens is 368 g/mol. The first-order valence-electron chi connectivity index (χ1n) is 9.35. The molecule has 0 fully saturated rings. The van der Waals surface area contributed by atoms with Crippen LogP contribution >= 0.6 is 0 Å². The molecule has 0 unspecified atom stereocenters. The van der Waals surface area contributed by atoms with Crippen molar-refractivity contribution >= 4 is 11.8 Å². The predicted octanol–water partition coefficient (Wildman–Crippen LogP) is 2.47. The maximum atomic E-state index is 12.8. The number of nitrogens with zero attached hydrogens (tertiary/aromatic N) is 2. The summed E-state index contributed by atoms with van der Waals surface area (Å²) in [5, 5.41) is 10.2. The van der Waals surface area contributed by atoms with Crippen molar-refractivity contribution in [3.63, 3.8) is 0 Å². The summed E-state index contributed by atoms with van der Waals surface area (Å²) >= 11 is 0. The van der Waals surface area contributed by atoms with E-state index in [1.807, 2.05) is 54.6 Å². The minimum absolute atomic E-state index is 0.132. The van der Waals surface area contributed by atoms with Gasteiger partial charge in [0.15, 0.2) is 0 Å². The number of hydrogen-bond acceptors (Lipinski definition) is 4. The standard InChI is InChI=1S/C22H24N4O3/c1-16(27)23-11-12-24-22(28)20-15-26(14-17-7-4-3-5-8-17)25-21(20)18-9-6-10-19(13-18)29-2/h3-10,13,15H,11-12,14H2,1-2H3,(H,23,27)(H,24,28). The molecular formula is C22H24N4O3. The van der Waals surface area contributed by atoms with Crippen LogP contribution in [-0.4, -0.2) is 41.8 Å². The Morgan fingerprint density at radius 2 is 1.79 bits per heavy atom. The molecule has 2 N–H and O–H groups in total. The Kier molecular flexibility index (Phi) is 6.63. The van der Waals surface area contributed by atoms with Gasteiger partial charge in [0, 0.05) is 31.8 Å². The van der Waals surface area contributed by atoms with E-state index in [4.69, 9.17) is 4.74 Å². The van der Waals surface area contributed by atoms with Gasteiger partial charge in [-0.1, -0.05) is 42.5 Å². The van der Waals surface area contributed by atoms with Crippen LogP contribution in [0.3, 0.4) is 0 Å². The Bertz CT molecular complexity index is 983. The van der Waals surface area contributed by atoms with Crippen LogP contribution in [0.2, 0.25) is 0 Å². The van der Waals surface area contributed by atoms with Gasteiger partial charge < -0.3 is 15.4 Å². The molecule has 1 aromatic heterocycles. The van der Waals surface area contributed by atoms with E-state index in [9.17, 15) is 9.59 Å². The van der Waals surface area contributed by atoms with Crippen LogP contribution in [0.15, 0.2) is 60.8 Å². The van der Waals surface area contributed by atoms with Crippen molar-refractivity contribution < 1.29 is 14.3 Å². The quantitative estimate of drug-likeness (QED) is 0.577. The average molecular weight is 392 g/mol. The molecule has 7 heteroatoms. The lowest BCUT2D eigenvalue weighted by Crippen LogP contribution is -2.33. The number of hydrogen-bond donors (Lipinski definition) is 2.